The van der Waals surface area contributed by atoms with Crippen molar-refractivity contribution >= 4 is 34.2 Å². The van der Waals surface area contributed by atoms with Crippen molar-refractivity contribution in [1.29, 1.82) is 0 Å². The highest BCUT2D eigenvalue weighted by atomic mass is 127. The third kappa shape index (κ3) is 3.71. The average molecular weight is 403 g/mol. The highest BCUT2D eigenvalue weighted by molar-refractivity contribution is 14.1. The van der Waals surface area contributed by atoms with Crippen LogP contribution in [0.15, 0.2) is 24.3 Å². The predicted molar refractivity (Wildman–Crippen MR) is 95.9 cm³/mol. The maximum atomic E-state index is 5.99. The van der Waals surface area contributed by atoms with Crippen LogP contribution in [0, 0.1) is 11.8 Å². The van der Waals surface area contributed by atoms with Crippen LogP contribution in [0.5, 0.6) is 0 Å². The molecule has 0 amide bonds. The molecule has 0 unspecified atom stereocenters. The third-order valence-corrected chi connectivity index (χ3v) is 6.98. The van der Waals surface area contributed by atoms with Gasteiger partial charge in [-0.2, -0.15) is 0 Å². The number of halogens is 2. The lowest BCUT2D eigenvalue weighted by atomic mass is 9.70. The number of rotatable bonds is 2. The molecule has 2 saturated carbocycles. The summed E-state index contributed by atoms with van der Waals surface area (Å²) in [6.45, 7) is 0. The fourth-order valence-corrected chi connectivity index (χ4v) is 5.05. The highest BCUT2D eigenvalue weighted by Crippen LogP contribution is 2.43. The third-order valence-electron chi connectivity index (χ3n) is 5.48. The Hall–Kier alpha value is 0.240. The van der Waals surface area contributed by atoms with E-state index in [0.29, 0.717) is 0 Å². The summed E-state index contributed by atoms with van der Waals surface area (Å²) in [6, 6.07) is 8.55. The van der Waals surface area contributed by atoms with Gasteiger partial charge in [0.25, 0.3) is 0 Å². The SMILES string of the molecule is Clc1ccc(C2CCC(C3CCC(I)CC3)CC2)cc1. The summed E-state index contributed by atoms with van der Waals surface area (Å²) in [7, 11) is 0. The summed E-state index contributed by atoms with van der Waals surface area (Å²) in [5.41, 5.74) is 1.50. The van der Waals surface area contributed by atoms with Crippen LogP contribution in [-0.2, 0) is 0 Å². The molecule has 0 atom stereocenters. The van der Waals surface area contributed by atoms with Gasteiger partial charge >= 0.3 is 0 Å². The Bertz CT molecular complexity index is 412. The Kier molecular flexibility index (Phi) is 5.30. The maximum Gasteiger partial charge on any atom is 0.0406 e. The second-order valence-corrected chi connectivity index (χ2v) is 8.87. The largest absolute Gasteiger partial charge is 0.0843 e. The minimum absolute atomic E-state index is 0.782. The number of benzene rings is 1. The molecule has 0 saturated heterocycles. The molecule has 3 rings (SSSR count). The first kappa shape index (κ1) is 15.1. The molecule has 110 valence electrons. The Labute approximate surface area is 141 Å². The Morgan fingerprint density at radius 1 is 0.750 bits per heavy atom. The standard InChI is InChI=1S/C18H24ClI/c19-17-9-5-15(6-10-17)13-1-3-14(4-2-13)16-7-11-18(20)12-8-16/h5-6,9-10,13-14,16,18H,1-4,7-8,11-12H2. The fourth-order valence-electron chi connectivity index (χ4n) is 4.21. The van der Waals surface area contributed by atoms with E-state index in [-0.39, 0.29) is 0 Å². The number of hydrogen-bond acceptors (Lipinski definition) is 0. The zero-order valence-corrected chi connectivity index (χ0v) is 14.9. The van der Waals surface area contributed by atoms with Gasteiger partial charge in [-0.15, -0.1) is 0 Å². The molecule has 0 spiro atoms. The Balaban J connectivity index is 1.53. The van der Waals surface area contributed by atoms with Crippen molar-refractivity contribution in [3.63, 3.8) is 0 Å². The van der Waals surface area contributed by atoms with Gasteiger partial charge in [0, 0.05) is 8.95 Å². The van der Waals surface area contributed by atoms with Gasteiger partial charge in [0.05, 0.1) is 0 Å². The van der Waals surface area contributed by atoms with Crippen molar-refractivity contribution in [2.45, 2.75) is 61.2 Å². The van der Waals surface area contributed by atoms with E-state index >= 15 is 0 Å². The van der Waals surface area contributed by atoms with Crippen LogP contribution in [0.25, 0.3) is 0 Å². The van der Waals surface area contributed by atoms with Gasteiger partial charge in [-0.05, 0) is 86.8 Å². The first-order valence-corrected chi connectivity index (χ1v) is 9.74. The molecular weight excluding hydrogens is 379 g/mol. The minimum Gasteiger partial charge on any atom is -0.0843 e. The topological polar surface area (TPSA) is 0 Å². The van der Waals surface area contributed by atoms with Crippen LogP contribution < -0.4 is 0 Å². The second-order valence-electron chi connectivity index (χ2n) is 6.68. The molecule has 1 aromatic rings. The van der Waals surface area contributed by atoms with Crippen molar-refractivity contribution in [3.05, 3.63) is 34.9 Å². The van der Waals surface area contributed by atoms with Gasteiger partial charge < -0.3 is 0 Å². The van der Waals surface area contributed by atoms with E-state index in [0.717, 1.165) is 26.7 Å². The molecule has 2 aliphatic rings. The predicted octanol–water partition coefficient (Wildman–Crippen LogP) is 6.61. The van der Waals surface area contributed by atoms with Crippen molar-refractivity contribution in [2.24, 2.45) is 11.8 Å². The second kappa shape index (κ2) is 7.00. The fraction of sp³-hybridized carbons (Fsp3) is 0.667. The molecule has 20 heavy (non-hydrogen) atoms. The lowest BCUT2D eigenvalue weighted by molar-refractivity contribution is 0.190. The smallest absolute Gasteiger partial charge is 0.0406 e. The van der Waals surface area contributed by atoms with Gasteiger partial charge in [-0.1, -0.05) is 46.3 Å². The van der Waals surface area contributed by atoms with E-state index in [1.54, 1.807) is 0 Å². The summed E-state index contributed by atoms with van der Waals surface area (Å²) in [5, 5.41) is 0.859. The summed E-state index contributed by atoms with van der Waals surface area (Å²) in [6.07, 6.45) is 11.6. The molecule has 0 bridgehead atoms. The lowest BCUT2D eigenvalue weighted by Crippen LogP contribution is -2.25. The quantitative estimate of drug-likeness (QED) is 0.386. The van der Waals surface area contributed by atoms with Gasteiger partial charge in [0.1, 0.15) is 0 Å². The van der Waals surface area contributed by atoms with Crippen LogP contribution in [0.3, 0.4) is 0 Å². The normalized spacial score (nSPS) is 34.9. The lowest BCUT2D eigenvalue weighted by Gasteiger charge is -2.37. The van der Waals surface area contributed by atoms with Crippen LogP contribution in [-0.4, -0.2) is 3.92 Å². The van der Waals surface area contributed by atoms with Gasteiger partial charge in [0.15, 0.2) is 0 Å². The van der Waals surface area contributed by atoms with Gasteiger partial charge in [0.2, 0.25) is 0 Å². The summed E-state index contributed by atoms with van der Waals surface area (Å²) in [4.78, 5) is 0. The van der Waals surface area contributed by atoms with Crippen LogP contribution in [0.1, 0.15) is 62.8 Å². The molecule has 0 N–H and O–H groups in total. The van der Waals surface area contributed by atoms with Crippen molar-refractivity contribution in [2.75, 3.05) is 0 Å². The number of hydrogen-bond donors (Lipinski definition) is 0. The van der Waals surface area contributed by atoms with E-state index in [1.807, 2.05) is 12.1 Å². The van der Waals surface area contributed by atoms with Crippen LogP contribution >= 0.6 is 34.2 Å². The summed E-state index contributed by atoms with van der Waals surface area (Å²) in [5.74, 6) is 2.83. The molecule has 2 heteroatoms. The average Bonchev–Trinajstić information content (AvgIpc) is 2.49. The Morgan fingerprint density at radius 3 is 1.80 bits per heavy atom. The zero-order chi connectivity index (χ0) is 13.9. The molecule has 2 fully saturated rings. The van der Waals surface area contributed by atoms with Crippen LogP contribution in [0.2, 0.25) is 5.02 Å². The molecule has 2 aliphatic carbocycles. The van der Waals surface area contributed by atoms with Crippen molar-refractivity contribution < 1.29 is 0 Å². The van der Waals surface area contributed by atoms with E-state index in [9.17, 15) is 0 Å². The van der Waals surface area contributed by atoms with E-state index in [4.69, 9.17) is 11.6 Å². The van der Waals surface area contributed by atoms with E-state index in [1.165, 1.54) is 56.9 Å². The van der Waals surface area contributed by atoms with Crippen molar-refractivity contribution in [1.82, 2.24) is 0 Å². The Morgan fingerprint density at radius 2 is 1.25 bits per heavy atom. The zero-order valence-electron chi connectivity index (χ0n) is 12.0. The molecule has 0 heterocycles. The number of alkyl halides is 1. The summed E-state index contributed by atoms with van der Waals surface area (Å²) >= 11 is 8.63. The first-order valence-electron chi connectivity index (χ1n) is 8.12. The van der Waals surface area contributed by atoms with Gasteiger partial charge in [-0.25, -0.2) is 0 Å². The van der Waals surface area contributed by atoms with E-state index < -0.39 is 0 Å². The van der Waals surface area contributed by atoms with Gasteiger partial charge in [-0.3, -0.25) is 0 Å². The minimum atomic E-state index is 0.782. The summed E-state index contributed by atoms with van der Waals surface area (Å²) < 4.78 is 0.953. The van der Waals surface area contributed by atoms with Crippen LogP contribution in [0.4, 0.5) is 0 Å². The molecule has 0 aromatic heterocycles. The molecular formula is C18H24ClI. The molecule has 1 aromatic carbocycles. The molecule has 0 radical (unpaired) electrons. The first-order chi connectivity index (χ1) is 9.72. The van der Waals surface area contributed by atoms with Crippen molar-refractivity contribution in [3.8, 4) is 0 Å². The highest BCUT2D eigenvalue weighted by Gasteiger charge is 2.30. The maximum absolute atomic E-state index is 5.99. The monoisotopic (exact) mass is 402 g/mol. The molecule has 0 nitrogen and oxygen atoms in total. The molecule has 0 aliphatic heterocycles. The van der Waals surface area contributed by atoms with E-state index in [2.05, 4.69) is 34.7 Å².